The van der Waals surface area contributed by atoms with Gasteiger partial charge in [0.2, 0.25) is 10.0 Å². The molecule has 122 valence electrons. The highest BCUT2D eigenvalue weighted by atomic mass is 79.9. The van der Waals surface area contributed by atoms with E-state index in [1.165, 1.54) is 12.8 Å². The number of benzene rings is 2. The lowest BCUT2D eigenvalue weighted by Gasteiger charge is -2.18. The molecule has 0 atom stereocenters. The Morgan fingerprint density at radius 1 is 1.04 bits per heavy atom. The molecule has 0 radical (unpaired) electrons. The van der Waals surface area contributed by atoms with E-state index in [-0.39, 0.29) is 5.75 Å². The Hall–Kier alpha value is -1.53. The first-order valence-corrected chi connectivity index (χ1v) is 10.1. The maximum Gasteiger partial charge on any atom is 0.236 e. The number of halogens is 1. The van der Waals surface area contributed by atoms with Crippen molar-refractivity contribution < 1.29 is 8.42 Å². The van der Waals surface area contributed by atoms with Gasteiger partial charge in [-0.2, -0.15) is 0 Å². The van der Waals surface area contributed by atoms with E-state index >= 15 is 0 Å². The van der Waals surface area contributed by atoms with E-state index in [4.69, 9.17) is 0 Å². The summed E-state index contributed by atoms with van der Waals surface area (Å²) < 4.78 is 28.1. The van der Waals surface area contributed by atoms with Crippen LogP contribution in [0.15, 0.2) is 53.0 Å². The third-order valence-corrected chi connectivity index (χ3v) is 5.61. The molecule has 6 heteroatoms. The lowest BCUT2D eigenvalue weighted by atomic mass is 10.2. The molecule has 2 aromatic rings. The van der Waals surface area contributed by atoms with Crippen LogP contribution in [0.2, 0.25) is 0 Å². The summed E-state index contributed by atoms with van der Waals surface area (Å²) in [6.07, 6.45) is 2.45. The van der Waals surface area contributed by atoms with Crippen molar-refractivity contribution in [3.63, 3.8) is 0 Å². The van der Waals surface area contributed by atoms with Gasteiger partial charge < -0.3 is 4.90 Å². The molecule has 1 aliphatic rings. The van der Waals surface area contributed by atoms with Gasteiger partial charge in [-0.05, 0) is 54.8 Å². The number of nitrogens with zero attached hydrogens (tertiary/aromatic N) is 1. The third kappa shape index (κ3) is 4.48. The first-order chi connectivity index (χ1) is 11.0. The molecule has 0 aromatic heterocycles. The van der Waals surface area contributed by atoms with Crippen molar-refractivity contribution in [1.29, 1.82) is 0 Å². The van der Waals surface area contributed by atoms with Crippen LogP contribution in [-0.2, 0) is 15.8 Å². The molecule has 23 heavy (non-hydrogen) atoms. The summed E-state index contributed by atoms with van der Waals surface area (Å²) in [6.45, 7) is 2.15. The third-order valence-electron chi connectivity index (χ3n) is 3.86. The van der Waals surface area contributed by atoms with Crippen LogP contribution in [0.1, 0.15) is 18.4 Å². The number of hydrogen-bond acceptors (Lipinski definition) is 3. The summed E-state index contributed by atoms with van der Waals surface area (Å²) in [5.41, 5.74) is 2.50. The van der Waals surface area contributed by atoms with Crippen LogP contribution in [0.5, 0.6) is 0 Å². The molecule has 1 N–H and O–H groups in total. The van der Waals surface area contributed by atoms with Gasteiger partial charge in [0.1, 0.15) is 0 Å². The largest absolute Gasteiger partial charge is 0.372 e. The van der Waals surface area contributed by atoms with E-state index in [2.05, 4.69) is 25.6 Å². The van der Waals surface area contributed by atoms with Gasteiger partial charge in [0.15, 0.2) is 0 Å². The standard InChI is InChI=1S/C17H19BrN2O2S/c18-15-5-3-4-14(12-15)13-23(21,22)19-16-6-8-17(9-7-16)20-10-1-2-11-20/h3-9,12,19H,1-2,10-11,13H2. The number of nitrogens with one attached hydrogen (secondary N) is 1. The van der Waals surface area contributed by atoms with Gasteiger partial charge in [0.25, 0.3) is 0 Å². The van der Waals surface area contributed by atoms with E-state index in [1.54, 1.807) is 6.07 Å². The SMILES string of the molecule is O=S(=O)(Cc1cccc(Br)c1)Nc1ccc(N2CCCC2)cc1. The number of sulfonamides is 1. The average Bonchev–Trinajstić information content (AvgIpc) is 3.01. The Labute approximate surface area is 145 Å². The Kier molecular flexibility index (Phi) is 4.92. The molecule has 0 amide bonds. The van der Waals surface area contributed by atoms with Crippen molar-refractivity contribution in [2.45, 2.75) is 18.6 Å². The van der Waals surface area contributed by atoms with Crippen molar-refractivity contribution in [3.8, 4) is 0 Å². The summed E-state index contributed by atoms with van der Waals surface area (Å²) in [4.78, 5) is 2.32. The zero-order chi connectivity index (χ0) is 16.3. The highest BCUT2D eigenvalue weighted by Gasteiger charge is 2.14. The van der Waals surface area contributed by atoms with Crippen LogP contribution >= 0.6 is 15.9 Å². The van der Waals surface area contributed by atoms with Gasteiger partial charge in [-0.1, -0.05) is 28.1 Å². The smallest absolute Gasteiger partial charge is 0.236 e. The summed E-state index contributed by atoms with van der Waals surface area (Å²) in [5.74, 6) is -0.0414. The number of hydrogen-bond donors (Lipinski definition) is 1. The molecular weight excluding hydrogens is 376 g/mol. The molecule has 0 saturated carbocycles. The van der Waals surface area contributed by atoms with Crippen LogP contribution in [0, 0.1) is 0 Å². The van der Waals surface area contributed by atoms with E-state index in [1.807, 2.05) is 42.5 Å². The summed E-state index contributed by atoms with van der Waals surface area (Å²) in [6, 6.07) is 14.9. The zero-order valence-corrected chi connectivity index (χ0v) is 15.1. The number of rotatable bonds is 5. The van der Waals surface area contributed by atoms with Gasteiger partial charge >= 0.3 is 0 Å². The van der Waals surface area contributed by atoms with E-state index in [9.17, 15) is 8.42 Å². The first-order valence-electron chi connectivity index (χ1n) is 7.62. The van der Waals surface area contributed by atoms with Crippen LogP contribution < -0.4 is 9.62 Å². The molecule has 1 fully saturated rings. The fourth-order valence-corrected chi connectivity index (χ4v) is 4.41. The quantitative estimate of drug-likeness (QED) is 0.833. The molecule has 4 nitrogen and oxygen atoms in total. The molecule has 1 saturated heterocycles. The van der Waals surface area contributed by atoms with E-state index in [0.717, 1.165) is 28.8 Å². The zero-order valence-electron chi connectivity index (χ0n) is 12.7. The van der Waals surface area contributed by atoms with Crippen molar-refractivity contribution in [1.82, 2.24) is 0 Å². The molecule has 1 aliphatic heterocycles. The van der Waals surface area contributed by atoms with Gasteiger partial charge in [0.05, 0.1) is 5.75 Å². The van der Waals surface area contributed by atoms with Crippen molar-refractivity contribution >= 4 is 37.3 Å². The van der Waals surface area contributed by atoms with Crippen LogP contribution in [0.4, 0.5) is 11.4 Å². The van der Waals surface area contributed by atoms with Crippen LogP contribution in [0.25, 0.3) is 0 Å². The van der Waals surface area contributed by atoms with Gasteiger partial charge in [-0.3, -0.25) is 4.72 Å². The molecule has 3 rings (SSSR count). The van der Waals surface area contributed by atoms with Gasteiger partial charge in [-0.15, -0.1) is 0 Å². The van der Waals surface area contributed by atoms with Crippen LogP contribution in [0.3, 0.4) is 0 Å². The molecule has 0 bridgehead atoms. The highest BCUT2D eigenvalue weighted by Crippen LogP contribution is 2.23. The van der Waals surface area contributed by atoms with Crippen molar-refractivity contribution in [2.75, 3.05) is 22.7 Å². The lowest BCUT2D eigenvalue weighted by Crippen LogP contribution is -2.18. The molecule has 2 aromatic carbocycles. The molecule has 0 aliphatic carbocycles. The van der Waals surface area contributed by atoms with Crippen molar-refractivity contribution in [2.24, 2.45) is 0 Å². The molecular formula is C17H19BrN2O2S. The molecule has 1 heterocycles. The Bertz CT molecular complexity index is 769. The maximum atomic E-state index is 12.3. The Balaban J connectivity index is 1.67. The second kappa shape index (κ2) is 6.93. The van der Waals surface area contributed by atoms with Gasteiger partial charge in [0, 0.05) is 28.9 Å². The molecule has 0 spiro atoms. The second-order valence-electron chi connectivity index (χ2n) is 5.73. The second-order valence-corrected chi connectivity index (χ2v) is 8.37. The molecule has 0 unspecified atom stereocenters. The monoisotopic (exact) mass is 394 g/mol. The maximum absolute atomic E-state index is 12.3. The van der Waals surface area contributed by atoms with Crippen LogP contribution in [-0.4, -0.2) is 21.5 Å². The number of anilines is 2. The summed E-state index contributed by atoms with van der Waals surface area (Å²) in [7, 11) is -3.42. The minimum atomic E-state index is -3.42. The van der Waals surface area contributed by atoms with E-state index in [0.29, 0.717) is 5.69 Å². The van der Waals surface area contributed by atoms with E-state index < -0.39 is 10.0 Å². The Morgan fingerprint density at radius 3 is 2.39 bits per heavy atom. The lowest BCUT2D eigenvalue weighted by molar-refractivity contribution is 0.600. The fourth-order valence-electron chi connectivity index (χ4n) is 2.78. The predicted octanol–water partition coefficient (Wildman–Crippen LogP) is 3.99. The topological polar surface area (TPSA) is 49.4 Å². The summed E-state index contributed by atoms with van der Waals surface area (Å²) in [5, 5.41) is 0. The minimum Gasteiger partial charge on any atom is -0.372 e. The normalized spacial score (nSPS) is 14.9. The minimum absolute atomic E-state index is 0.0414. The average molecular weight is 395 g/mol. The highest BCUT2D eigenvalue weighted by molar-refractivity contribution is 9.10. The first kappa shape index (κ1) is 16.3. The van der Waals surface area contributed by atoms with Crippen molar-refractivity contribution in [3.05, 3.63) is 58.6 Å². The fraction of sp³-hybridized carbons (Fsp3) is 0.294. The van der Waals surface area contributed by atoms with Gasteiger partial charge in [-0.25, -0.2) is 8.42 Å². The predicted molar refractivity (Wildman–Crippen MR) is 98.3 cm³/mol. The summed E-state index contributed by atoms with van der Waals surface area (Å²) >= 11 is 3.36. The Morgan fingerprint density at radius 2 is 1.74 bits per heavy atom.